The smallest absolute Gasteiger partial charge is 0.270 e. The first kappa shape index (κ1) is 22.7. The van der Waals surface area contributed by atoms with E-state index in [4.69, 9.17) is 9.47 Å². The summed E-state index contributed by atoms with van der Waals surface area (Å²) in [7, 11) is -2.31. The van der Waals surface area contributed by atoms with Crippen LogP contribution in [0.2, 0.25) is 0 Å². The van der Waals surface area contributed by atoms with Gasteiger partial charge in [0.05, 0.1) is 23.5 Å². The van der Waals surface area contributed by atoms with Gasteiger partial charge in [-0.1, -0.05) is 18.2 Å². The number of nitro groups is 1. The average Bonchev–Trinajstić information content (AvgIpc) is 2.79. The van der Waals surface area contributed by atoms with Gasteiger partial charge in [-0.25, -0.2) is 8.42 Å². The van der Waals surface area contributed by atoms with Gasteiger partial charge in [-0.05, 0) is 23.8 Å². The van der Waals surface area contributed by atoms with Gasteiger partial charge in [-0.15, -0.1) is 0 Å². The van der Waals surface area contributed by atoms with Crippen LogP contribution < -0.4 is 4.74 Å². The van der Waals surface area contributed by atoms with E-state index in [-0.39, 0.29) is 55.9 Å². The Morgan fingerprint density at radius 2 is 1.81 bits per heavy atom. The van der Waals surface area contributed by atoms with Gasteiger partial charge in [0.25, 0.3) is 5.69 Å². The van der Waals surface area contributed by atoms with E-state index in [0.29, 0.717) is 5.75 Å². The molecule has 0 unspecified atom stereocenters. The van der Waals surface area contributed by atoms with Crippen LogP contribution in [0.5, 0.6) is 5.75 Å². The lowest BCUT2D eigenvalue weighted by Crippen LogP contribution is -2.51. The second-order valence-electron chi connectivity index (χ2n) is 6.88. The zero-order valence-corrected chi connectivity index (χ0v) is 17.8. The molecule has 0 aliphatic carbocycles. The molecule has 0 aromatic heterocycles. The Kier molecular flexibility index (Phi) is 7.21. The molecule has 2 aromatic carbocycles. The van der Waals surface area contributed by atoms with E-state index in [2.05, 4.69) is 0 Å². The van der Waals surface area contributed by atoms with E-state index >= 15 is 0 Å². The second kappa shape index (κ2) is 9.86. The third-order valence-corrected chi connectivity index (χ3v) is 6.78. The van der Waals surface area contributed by atoms with E-state index in [1.807, 2.05) is 24.3 Å². The topological polar surface area (TPSA) is 119 Å². The highest BCUT2D eigenvalue weighted by Gasteiger charge is 2.30. The Bertz CT molecular complexity index is 1050. The monoisotopic (exact) mass is 449 g/mol. The first-order valence-corrected chi connectivity index (χ1v) is 11.0. The molecule has 3 rings (SSSR count). The molecular weight excluding hydrogens is 426 g/mol. The Hall–Kier alpha value is -3.02. The normalized spacial score (nSPS) is 14.9. The van der Waals surface area contributed by atoms with Crippen LogP contribution >= 0.6 is 0 Å². The summed E-state index contributed by atoms with van der Waals surface area (Å²) < 4.78 is 37.4. The lowest BCUT2D eigenvalue weighted by atomic mass is 10.2. The summed E-state index contributed by atoms with van der Waals surface area (Å²) in [6.45, 7) is 0.781. The summed E-state index contributed by atoms with van der Waals surface area (Å²) in [5.41, 5.74) is 0.586. The van der Waals surface area contributed by atoms with E-state index in [1.54, 1.807) is 12.0 Å². The van der Waals surface area contributed by atoms with E-state index in [0.717, 1.165) is 11.6 Å². The van der Waals surface area contributed by atoms with Crippen molar-refractivity contribution in [1.29, 1.82) is 0 Å². The highest BCUT2D eigenvalue weighted by atomic mass is 32.2. The van der Waals surface area contributed by atoms with Gasteiger partial charge in [0.2, 0.25) is 15.9 Å². The Labute approximate surface area is 180 Å². The molecule has 10 nitrogen and oxygen atoms in total. The number of carbonyl (C=O) groups is 1. The van der Waals surface area contributed by atoms with Crippen molar-refractivity contribution in [2.45, 2.75) is 11.5 Å². The SMILES string of the molecule is COc1cccc(COCC(=O)N2CCN(S(=O)(=O)c3cccc([N+](=O)[O-])c3)CC2)c1. The highest BCUT2D eigenvalue weighted by Crippen LogP contribution is 2.22. The number of methoxy groups -OCH3 is 1. The number of carbonyl (C=O) groups excluding carboxylic acids is 1. The van der Waals surface area contributed by atoms with Crippen molar-refractivity contribution in [3.8, 4) is 5.75 Å². The Balaban J connectivity index is 1.52. The predicted octanol–water partition coefficient (Wildman–Crippen LogP) is 1.65. The number of piperazine rings is 1. The summed E-state index contributed by atoms with van der Waals surface area (Å²) in [5.74, 6) is 0.476. The molecule has 1 amide bonds. The van der Waals surface area contributed by atoms with Gasteiger partial charge >= 0.3 is 0 Å². The number of benzene rings is 2. The third-order valence-electron chi connectivity index (χ3n) is 4.89. The van der Waals surface area contributed by atoms with E-state index < -0.39 is 14.9 Å². The van der Waals surface area contributed by atoms with Crippen LogP contribution in [0.15, 0.2) is 53.4 Å². The van der Waals surface area contributed by atoms with Crippen molar-refractivity contribution in [3.63, 3.8) is 0 Å². The summed E-state index contributed by atoms with van der Waals surface area (Å²) >= 11 is 0. The fourth-order valence-electron chi connectivity index (χ4n) is 3.19. The maximum atomic E-state index is 12.8. The quantitative estimate of drug-likeness (QED) is 0.444. The molecule has 0 saturated carbocycles. The number of amides is 1. The molecule has 0 spiro atoms. The Morgan fingerprint density at radius 3 is 2.48 bits per heavy atom. The van der Waals surface area contributed by atoms with Crippen LogP contribution in [0, 0.1) is 10.1 Å². The van der Waals surface area contributed by atoms with Gasteiger partial charge < -0.3 is 14.4 Å². The third kappa shape index (κ3) is 5.57. The van der Waals surface area contributed by atoms with Crippen molar-refractivity contribution in [2.75, 3.05) is 39.9 Å². The number of hydrogen-bond donors (Lipinski definition) is 0. The van der Waals surface area contributed by atoms with Gasteiger partial charge in [0.15, 0.2) is 0 Å². The van der Waals surface area contributed by atoms with Crippen LogP contribution in [-0.4, -0.2) is 68.3 Å². The van der Waals surface area contributed by atoms with Crippen LogP contribution in [-0.2, 0) is 26.2 Å². The van der Waals surface area contributed by atoms with Crippen LogP contribution in [0.4, 0.5) is 5.69 Å². The molecule has 0 radical (unpaired) electrons. The minimum Gasteiger partial charge on any atom is -0.497 e. The molecule has 2 aromatic rings. The van der Waals surface area contributed by atoms with E-state index in [1.165, 1.54) is 22.5 Å². The molecule has 166 valence electrons. The fourth-order valence-corrected chi connectivity index (χ4v) is 4.66. The summed E-state index contributed by atoms with van der Waals surface area (Å²) in [6.07, 6.45) is 0. The first-order valence-electron chi connectivity index (χ1n) is 9.54. The van der Waals surface area contributed by atoms with Gasteiger partial charge in [0.1, 0.15) is 12.4 Å². The Morgan fingerprint density at radius 1 is 1.10 bits per heavy atom. The lowest BCUT2D eigenvalue weighted by Gasteiger charge is -2.34. The second-order valence-corrected chi connectivity index (χ2v) is 8.82. The molecule has 31 heavy (non-hydrogen) atoms. The van der Waals surface area contributed by atoms with Crippen molar-refractivity contribution in [3.05, 3.63) is 64.2 Å². The lowest BCUT2D eigenvalue weighted by molar-refractivity contribution is -0.385. The summed E-state index contributed by atoms with van der Waals surface area (Å²) in [5, 5.41) is 10.9. The van der Waals surface area contributed by atoms with Gasteiger partial charge in [-0.2, -0.15) is 4.31 Å². The van der Waals surface area contributed by atoms with Crippen LogP contribution in [0.25, 0.3) is 0 Å². The number of nitro benzene ring substituents is 1. The predicted molar refractivity (Wildman–Crippen MR) is 111 cm³/mol. The standard InChI is InChI=1S/C20H23N3O7S/c1-29-18-6-2-4-16(12-18)14-30-15-20(24)21-8-10-22(11-9-21)31(27,28)19-7-3-5-17(13-19)23(25)26/h2-7,12-13H,8-11,14-15H2,1H3. The number of hydrogen-bond acceptors (Lipinski definition) is 7. The number of sulfonamides is 1. The fraction of sp³-hybridized carbons (Fsp3) is 0.350. The zero-order chi connectivity index (χ0) is 22.4. The minimum absolute atomic E-state index is 0.104. The van der Waals surface area contributed by atoms with Crippen LogP contribution in [0.3, 0.4) is 0 Å². The van der Waals surface area contributed by atoms with Crippen molar-refractivity contribution < 1.29 is 27.6 Å². The molecule has 0 bridgehead atoms. The molecule has 0 N–H and O–H groups in total. The molecule has 11 heteroatoms. The zero-order valence-electron chi connectivity index (χ0n) is 17.0. The molecule has 1 aliphatic heterocycles. The summed E-state index contributed by atoms with van der Waals surface area (Å²) in [4.78, 5) is 24.1. The summed E-state index contributed by atoms with van der Waals surface area (Å²) in [6, 6.07) is 12.3. The average molecular weight is 449 g/mol. The van der Waals surface area contributed by atoms with E-state index in [9.17, 15) is 23.3 Å². The van der Waals surface area contributed by atoms with Crippen molar-refractivity contribution in [2.24, 2.45) is 0 Å². The number of ether oxygens (including phenoxy) is 2. The molecule has 1 aliphatic rings. The molecule has 1 fully saturated rings. The maximum absolute atomic E-state index is 12.8. The molecular formula is C20H23N3O7S. The number of non-ortho nitro benzene ring substituents is 1. The maximum Gasteiger partial charge on any atom is 0.270 e. The largest absolute Gasteiger partial charge is 0.497 e. The number of nitrogens with zero attached hydrogens (tertiary/aromatic N) is 3. The highest BCUT2D eigenvalue weighted by molar-refractivity contribution is 7.89. The minimum atomic E-state index is -3.88. The molecule has 1 saturated heterocycles. The molecule has 1 heterocycles. The van der Waals surface area contributed by atoms with Gasteiger partial charge in [0, 0.05) is 38.3 Å². The van der Waals surface area contributed by atoms with Crippen molar-refractivity contribution >= 4 is 21.6 Å². The molecule has 0 atom stereocenters. The van der Waals surface area contributed by atoms with Crippen LogP contribution in [0.1, 0.15) is 5.56 Å². The van der Waals surface area contributed by atoms with Gasteiger partial charge in [-0.3, -0.25) is 14.9 Å². The first-order chi connectivity index (χ1) is 14.8. The number of rotatable bonds is 8. The van der Waals surface area contributed by atoms with Crippen molar-refractivity contribution in [1.82, 2.24) is 9.21 Å².